The molecule has 4 heteroatoms. The van der Waals surface area contributed by atoms with Gasteiger partial charge in [0.05, 0.1) is 0 Å². The summed E-state index contributed by atoms with van der Waals surface area (Å²) in [6, 6.07) is 8.48. The first-order valence-corrected chi connectivity index (χ1v) is 17.0. The van der Waals surface area contributed by atoms with Crippen molar-refractivity contribution in [1.29, 1.82) is 0 Å². The van der Waals surface area contributed by atoms with Crippen LogP contribution in [-0.4, -0.2) is 20.4 Å². The Morgan fingerprint density at radius 1 is 0.912 bits per heavy atom. The first-order chi connectivity index (χ1) is 16.2. The average molecular weight is 489 g/mol. The molecule has 0 radical (unpaired) electrons. The summed E-state index contributed by atoms with van der Waals surface area (Å²) >= 11 is 0. The Kier molecular flexibility index (Phi) is 12.2. The zero-order valence-electron chi connectivity index (χ0n) is 23.1. The van der Waals surface area contributed by atoms with Gasteiger partial charge in [-0.15, -0.1) is 0 Å². The average Bonchev–Trinajstić information content (AvgIpc) is 2.78. The lowest BCUT2D eigenvalue weighted by molar-refractivity contribution is -0.151. The SMILES string of the molecule is CCCCCCCCCCCC(=O)O[C@@H]1CCCC[C@H]1c1ccccc1O[Si](C)(C)C(C)(C)C. The molecule has 0 unspecified atom stereocenters. The molecule has 1 aromatic rings. The maximum Gasteiger partial charge on any atom is 0.306 e. The smallest absolute Gasteiger partial charge is 0.306 e. The van der Waals surface area contributed by atoms with Crippen molar-refractivity contribution in [1.82, 2.24) is 0 Å². The minimum absolute atomic E-state index is 0.0114. The molecule has 1 aliphatic carbocycles. The molecule has 0 N–H and O–H groups in total. The monoisotopic (exact) mass is 488 g/mol. The number of carbonyl (C=O) groups excluding carboxylic acids is 1. The lowest BCUT2D eigenvalue weighted by atomic mass is 9.81. The second-order valence-electron chi connectivity index (χ2n) is 11.9. The number of unbranched alkanes of at least 4 members (excludes halogenated alkanes) is 8. The second-order valence-corrected chi connectivity index (χ2v) is 16.6. The molecule has 0 aliphatic heterocycles. The van der Waals surface area contributed by atoms with Crippen LogP contribution in [0.15, 0.2) is 24.3 Å². The van der Waals surface area contributed by atoms with Gasteiger partial charge in [0.25, 0.3) is 0 Å². The molecule has 0 heterocycles. The molecule has 0 saturated heterocycles. The summed E-state index contributed by atoms with van der Waals surface area (Å²) in [4.78, 5) is 12.7. The van der Waals surface area contributed by atoms with Crippen LogP contribution in [0.4, 0.5) is 0 Å². The topological polar surface area (TPSA) is 35.5 Å². The molecule has 34 heavy (non-hydrogen) atoms. The summed E-state index contributed by atoms with van der Waals surface area (Å²) in [6.45, 7) is 13.7. The number of esters is 1. The molecule has 1 fully saturated rings. The van der Waals surface area contributed by atoms with Crippen LogP contribution in [0.2, 0.25) is 18.1 Å². The fourth-order valence-electron chi connectivity index (χ4n) is 4.71. The Bertz CT molecular complexity index is 722. The Morgan fingerprint density at radius 2 is 1.50 bits per heavy atom. The van der Waals surface area contributed by atoms with Crippen molar-refractivity contribution in [3.05, 3.63) is 29.8 Å². The van der Waals surface area contributed by atoms with Crippen LogP contribution in [0.5, 0.6) is 5.75 Å². The van der Waals surface area contributed by atoms with Crippen molar-refractivity contribution in [3.63, 3.8) is 0 Å². The van der Waals surface area contributed by atoms with Crippen molar-refractivity contribution in [2.24, 2.45) is 0 Å². The maximum atomic E-state index is 12.7. The lowest BCUT2D eigenvalue weighted by Crippen LogP contribution is -2.44. The Hall–Kier alpha value is -1.29. The molecule has 194 valence electrons. The zero-order chi connectivity index (χ0) is 25.0. The van der Waals surface area contributed by atoms with Gasteiger partial charge >= 0.3 is 5.97 Å². The van der Waals surface area contributed by atoms with E-state index in [0.29, 0.717) is 6.42 Å². The summed E-state index contributed by atoms with van der Waals surface area (Å²) in [7, 11) is -1.94. The lowest BCUT2D eigenvalue weighted by Gasteiger charge is -2.38. The van der Waals surface area contributed by atoms with Crippen molar-refractivity contribution in [3.8, 4) is 5.75 Å². The van der Waals surface area contributed by atoms with Gasteiger partial charge in [-0.3, -0.25) is 4.79 Å². The Labute approximate surface area is 211 Å². The van der Waals surface area contributed by atoms with Gasteiger partial charge in [0.1, 0.15) is 11.9 Å². The van der Waals surface area contributed by atoms with Crippen LogP contribution in [0.1, 0.15) is 129 Å². The van der Waals surface area contributed by atoms with Gasteiger partial charge in [-0.05, 0) is 55.4 Å². The molecule has 1 aliphatic rings. The molecular formula is C30H52O3Si. The van der Waals surface area contributed by atoms with Gasteiger partial charge in [0.15, 0.2) is 0 Å². The standard InChI is InChI=1S/C30H52O3Si/c1-7-8-9-10-11-12-13-14-15-24-29(31)32-27-22-18-16-20-25(27)26-21-17-19-23-28(26)33-34(5,6)30(2,3)4/h17,19,21,23,25,27H,7-16,18,20,22,24H2,1-6H3/t25-,27+/m0/s1. The molecule has 0 spiro atoms. The first-order valence-electron chi connectivity index (χ1n) is 14.1. The minimum Gasteiger partial charge on any atom is -0.543 e. The van der Waals surface area contributed by atoms with Gasteiger partial charge < -0.3 is 9.16 Å². The third kappa shape index (κ3) is 9.39. The highest BCUT2D eigenvalue weighted by atomic mass is 28.4. The normalized spacial score (nSPS) is 19.1. The van der Waals surface area contributed by atoms with E-state index in [1.54, 1.807) is 0 Å². The van der Waals surface area contributed by atoms with Crippen LogP contribution >= 0.6 is 0 Å². The Morgan fingerprint density at radius 3 is 2.15 bits per heavy atom. The molecule has 0 aromatic heterocycles. The number of hydrogen-bond donors (Lipinski definition) is 0. The molecule has 0 bridgehead atoms. The second kappa shape index (κ2) is 14.3. The van der Waals surface area contributed by atoms with Crippen LogP contribution in [0.25, 0.3) is 0 Å². The third-order valence-electron chi connectivity index (χ3n) is 7.96. The molecular weight excluding hydrogens is 436 g/mol. The van der Waals surface area contributed by atoms with Crippen molar-refractivity contribution in [2.45, 2.75) is 148 Å². The molecule has 0 amide bonds. The predicted octanol–water partition coefficient (Wildman–Crippen LogP) is 9.56. The summed E-state index contributed by atoms with van der Waals surface area (Å²) < 4.78 is 12.8. The first kappa shape index (κ1) is 28.9. The fraction of sp³-hybridized carbons (Fsp3) is 0.767. The predicted molar refractivity (Wildman–Crippen MR) is 147 cm³/mol. The van der Waals surface area contributed by atoms with E-state index in [1.165, 1.54) is 56.9 Å². The van der Waals surface area contributed by atoms with Crippen LogP contribution in [0.3, 0.4) is 0 Å². The number of carbonyl (C=O) groups is 1. The van der Waals surface area contributed by atoms with Crippen molar-refractivity contribution in [2.75, 3.05) is 0 Å². The van der Waals surface area contributed by atoms with Gasteiger partial charge in [0.2, 0.25) is 8.32 Å². The zero-order valence-corrected chi connectivity index (χ0v) is 24.1. The molecule has 2 atom stereocenters. The summed E-state index contributed by atoms with van der Waals surface area (Å²) in [5.74, 6) is 1.23. The summed E-state index contributed by atoms with van der Waals surface area (Å²) in [6.07, 6.45) is 16.2. The van der Waals surface area contributed by atoms with E-state index >= 15 is 0 Å². The maximum absolute atomic E-state index is 12.7. The Balaban J connectivity index is 1.88. The molecule has 1 aromatic carbocycles. The molecule has 1 saturated carbocycles. The van der Waals surface area contributed by atoms with Crippen LogP contribution in [-0.2, 0) is 9.53 Å². The number of benzene rings is 1. The van der Waals surface area contributed by atoms with Crippen LogP contribution < -0.4 is 4.43 Å². The highest BCUT2D eigenvalue weighted by Gasteiger charge is 2.40. The van der Waals surface area contributed by atoms with Gasteiger partial charge in [-0.2, -0.15) is 0 Å². The van der Waals surface area contributed by atoms with Gasteiger partial charge in [-0.1, -0.05) is 104 Å². The quantitative estimate of drug-likeness (QED) is 0.148. The summed E-state index contributed by atoms with van der Waals surface area (Å²) in [5, 5.41) is 0.147. The van der Waals surface area contributed by atoms with E-state index in [2.05, 4.69) is 65.1 Å². The number of rotatable bonds is 14. The van der Waals surface area contributed by atoms with E-state index < -0.39 is 8.32 Å². The van der Waals surface area contributed by atoms with E-state index in [4.69, 9.17) is 9.16 Å². The molecule has 3 nitrogen and oxygen atoms in total. The van der Waals surface area contributed by atoms with Crippen molar-refractivity contribution < 1.29 is 14.0 Å². The van der Waals surface area contributed by atoms with E-state index in [-0.39, 0.29) is 23.0 Å². The van der Waals surface area contributed by atoms with E-state index in [1.807, 2.05) is 0 Å². The van der Waals surface area contributed by atoms with Gasteiger partial charge in [-0.25, -0.2) is 0 Å². The number of hydrogen-bond acceptors (Lipinski definition) is 3. The van der Waals surface area contributed by atoms with Crippen molar-refractivity contribution >= 4 is 14.3 Å². The van der Waals surface area contributed by atoms with Crippen LogP contribution in [0, 0.1) is 0 Å². The van der Waals surface area contributed by atoms with E-state index in [0.717, 1.165) is 37.9 Å². The number of para-hydroxylation sites is 1. The van der Waals surface area contributed by atoms with E-state index in [9.17, 15) is 4.79 Å². The number of ether oxygens (including phenoxy) is 1. The highest BCUT2D eigenvalue weighted by molar-refractivity contribution is 6.74. The molecule has 2 rings (SSSR count). The largest absolute Gasteiger partial charge is 0.543 e. The van der Waals surface area contributed by atoms with Gasteiger partial charge in [0, 0.05) is 12.3 Å². The fourth-order valence-corrected chi connectivity index (χ4v) is 5.75. The minimum atomic E-state index is -1.94. The third-order valence-corrected chi connectivity index (χ3v) is 12.3. The summed E-state index contributed by atoms with van der Waals surface area (Å²) in [5.41, 5.74) is 1.23. The highest BCUT2D eigenvalue weighted by Crippen LogP contribution is 2.43.